The Morgan fingerprint density at radius 2 is 1.92 bits per heavy atom. The van der Waals surface area contributed by atoms with E-state index in [9.17, 15) is 14.4 Å². The quantitative estimate of drug-likeness (QED) is 0.831. The summed E-state index contributed by atoms with van der Waals surface area (Å²) in [7, 11) is 1.34. The highest BCUT2D eigenvalue weighted by molar-refractivity contribution is 6.02. The van der Waals surface area contributed by atoms with E-state index in [1.807, 2.05) is 18.2 Å². The van der Waals surface area contributed by atoms with Crippen LogP contribution in [0.4, 0.5) is 5.69 Å². The first kappa shape index (κ1) is 16.5. The fourth-order valence-corrected chi connectivity index (χ4v) is 3.70. The maximum Gasteiger partial charge on any atom is 0.331 e. The second-order valence-corrected chi connectivity index (χ2v) is 6.52. The summed E-state index contributed by atoms with van der Waals surface area (Å²) in [4.78, 5) is 37.1. The van der Waals surface area contributed by atoms with Crippen LogP contribution >= 0.6 is 0 Å². The van der Waals surface area contributed by atoms with Gasteiger partial charge in [0.1, 0.15) is 5.54 Å². The van der Waals surface area contributed by atoms with Gasteiger partial charge in [-0.1, -0.05) is 37.5 Å². The number of carbonyl (C=O) groups is 3. The molecule has 1 aliphatic carbocycles. The lowest BCUT2D eigenvalue weighted by Crippen LogP contribution is -2.57. The lowest BCUT2D eigenvalue weighted by Gasteiger charge is -2.37. The molecule has 1 heterocycles. The highest BCUT2D eigenvalue weighted by atomic mass is 16.5. The second kappa shape index (κ2) is 6.63. The molecule has 6 heteroatoms. The van der Waals surface area contributed by atoms with Crippen molar-refractivity contribution < 1.29 is 19.1 Å². The van der Waals surface area contributed by atoms with Crippen molar-refractivity contribution in [1.82, 2.24) is 5.32 Å². The molecule has 6 nitrogen and oxygen atoms in total. The van der Waals surface area contributed by atoms with Crippen molar-refractivity contribution in [2.24, 2.45) is 0 Å². The Bertz CT molecular complexity index is 665. The van der Waals surface area contributed by atoms with E-state index in [1.54, 1.807) is 6.07 Å². The molecular weight excluding hydrogens is 308 g/mol. The maximum atomic E-state index is 12.9. The van der Waals surface area contributed by atoms with Gasteiger partial charge in [0.2, 0.25) is 11.8 Å². The number of amides is 2. The van der Waals surface area contributed by atoms with E-state index in [-0.39, 0.29) is 18.2 Å². The third-order valence-electron chi connectivity index (χ3n) is 4.96. The Balaban J connectivity index is 1.86. The van der Waals surface area contributed by atoms with Crippen molar-refractivity contribution >= 4 is 23.5 Å². The molecule has 0 radical (unpaired) electrons. The third kappa shape index (κ3) is 3.00. The molecule has 1 aromatic rings. The number of hydrogen-bond acceptors (Lipinski definition) is 4. The van der Waals surface area contributed by atoms with Crippen molar-refractivity contribution in [2.75, 3.05) is 12.4 Å². The van der Waals surface area contributed by atoms with Gasteiger partial charge in [0, 0.05) is 12.1 Å². The van der Waals surface area contributed by atoms with E-state index >= 15 is 0 Å². The van der Waals surface area contributed by atoms with Crippen LogP contribution in [0.25, 0.3) is 0 Å². The van der Waals surface area contributed by atoms with Gasteiger partial charge in [-0.2, -0.15) is 0 Å². The average Bonchev–Trinajstić information content (AvgIpc) is 2.60. The van der Waals surface area contributed by atoms with Gasteiger partial charge in [0.05, 0.1) is 13.0 Å². The largest absolute Gasteiger partial charge is 0.467 e. The van der Waals surface area contributed by atoms with Crippen molar-refractivity contribution in [3.8, 4) is 0 Å². The highest BCUT2D eigenvalue weighted by Gasteiger charge is 2.44. The first-order valence-corrected chi connectivity index (χ1v) is 8.35. The molecule has 0 aromatic heterocycles. The molecule has 128 valence electrons. The van der Waals surface area contributed by atoms with E-state index in [1.165, 1.54) is 7.11 Å². The summed E-state index contributed by atoms with van der Waals surface area (Å²) in [5, 5.41) is 5.70. The highest BCUT2D eigenvalue weighted by Crippen LogP contribution is 2.35. The van der Waals surface area contributed by atoms with Crippen molar-refractivity contribution in [2.45, 2.75) is 50.0 Å². The van der Waals surface area contributed by atoms with Crippen LogP contribution in [0, 0.1) is 0 Å². The van der Waals surface area contributed by atoms with Crippen molar-refractivity contribution in [1.29, 1.82) is 0 Å². The molecule has 1 aliphatic heterocycles. The van der Waals surface area contributed by atoms with Gasteiger partial charge in [-0.3, -0.25) is 9.59 Å². The minimum atomic E-state index is -0.965. The first-order chi connectivity index (χ1) is 11.6. The molecule has 2 N–H and O–H groups in total. The van der Waals surface area contributed by atoms with Gasteiger partial charge in [0.25, 0.3) is 0 Å². The SMILES string of the molecule is COC(=O)C1(NC(=O)C2CC(=O)Nc3ccccc32)CCCCC1. The average molecular weight is 330 g/mol. The number of benzene rings is 1. The van der Waals surface area contributed by atoms with Gasteiger partial charge >= 0.3 is 5.97 Å². The fourth-order valence-electron chi connectivity index (χ4n) is 3.70. The molecule has 24 heavy (non-hydrogen) atoms. The van der Waals surface area contributed by atoms with Crippen molar-refractivity contribution in [3.63, 3.8) is 0 Å². The Kier molecular flexibility index (Phi) is 4.55. The number of nitrogens with one attached hydrogen (secondary N) is 2. The number of ether oxygens (including phenoxy) is 1. The molecular formula is C18H22N2O4. The first-order valence-electron chi connectivity index (χ1n) is 8.35. The number of esters is 1. The van der Waals surface area contributed by atoms with Gasteiger partial charge < -0.3 is 15.4 Å². The summed E-state index contributed by atoms with van der Waals surface area (Å²) < 4.78 is 4.94. The fraction of sp³-hybridized carbons (Fsp3) is 0.500. The number of methoxy groups -OCH3 is 1. The van der Waals surface area contributed by atoms with Crippen LogP contribution in [-0.2, 0) is 19.1 Å². The smallest absolute Gasteiger partial charge is 0.331 e. The molecule has 1 atom stereocenters. The lowest BCUT2D eigenvalue weighted by atomic mass is 9.80. The molecule has 3 rings (SSSR count). The topological polar surface area (TPSA) is 84.5 Å². The predicted molar refractivity (Wildman–Crippen MR) is 88.4 cm³/mol. The number of anilines is 1. The Hall–Kier alpha value is -2.37. The zero-order valence-electron chi connectivity index (χ0n) is 13.8. The molecule has 1 fully saturated rings. The summed E-state index contributed by atoms with van der Waals surface area (Å²) in [6.07, 6.45) is 4.02. The van der Waals surface area contributed by atoms with Crippen LogP contribution in [0.5, 0.6) is 0 Å². The predicted octanol–water partition coefficient (Wildman–Crippen LogP) is 2.10. The van der Waals surface area contributed by atoms with E-state index in [4.69, 9.17) is 4.74 Å². The molecule has 1 saturated carbocycles. The van der Waals surface area contributed by atoms with Gasteiger partial charge in [-0.25, -0.2) is 4.79 Å². The Morgan fingerprint density at radius 3 is 2.62 bits per heavy atom. The summed E-state index contributed by atoms with van der Waals surface area (Å²) in [6, 6.07) is 7.28. The van der Waals surface area contributed by atoms with E-state index in [0.717, 1.165) is 24.8 Å². The monoisotopic (exact) mass is 330 g/mol. The standard InChI is InChI=1S/C18H22N2O4/c1-24-17(23)18(9-5-2-6-10-18)20-16(22)13-11-15(21)19-14-8-4-3-7-12(13)14/h3-4,7-8,13H,2,5-6,9-11H2,1H3,(H,19,21)(H,20,22). The molecule has 2 aliphatic rings. The lowest BCUT2D eigenvalue weighted by molar-refractivity contribution is -0.153. The Labute approximate surface area is 140 Å². The van der Waals surface area contributed by atoms with Crippen molar-refractivity contribution in [3.05, 3.63) is 29.8 Å². The van der Waals surface area contributed by atoms with Crippen LogP contribution in [0.15, 0.2) is 24.3 Å². The van der Waals surface area contributed by atoms with Crippen LogP contribution in [-0.4, -0.2) is 30.4 Å². The minimum Gasteiger partial charge on any atom is -0.467 e. The summed E-state index contributed by atoms with van der Waals surface area (Å²) in [6.45, 7) is 0. The van der Waals surface area contributed by atoms with Gasteiger partial charge in [-0.15, -0.1) is 0 Å². The van der Waals surface area contributed by atoms with E-state index in [2.05, 4.69) is 10.6 Å². The van der Waals surface area contributed by atoms with Crippen LogP contribution in [0.2, 0.25) is 0 Å². The Morgan fingerprint density at radius 1 is 1.21 bits per heavy atom. The number of fused-ring (bicyclic) bond motifs is 1. The zero-order chi connectivity index (χ0) is 17.2. The maximum absolute atomic E-state index is 12.9. The summed E-state index contributed by atoms with van der Waals surface area (Å²) in [5.41, 5.74) is 0.475. The van der Waals surface area contributed by atoms with Gasteiger partial charge in [0.15, 0.2) is 0 Å². The molecule has 0 saturated heterocycles. The normalized spacial score (nSPS) is 22.0. The number of para-hydroxylation sites is 1. The molecule has 2 amide bonds. The molecule has 1 aromatic carbocycles. The van der Waals surface area contributed by atoms with E-state index < -0.39 is 17.4 Å². The number of hydrogen-bond donors (Lipinski definition) is 2. The van der Waals surface area contributed by atoms with Crippen LogP contribution in [0.1, 0.15) is 50.0 Å². The summed E-state index contributed by atoms with van der Waals surface area (Å²) >= 11 is 0. The molecule has 1 unspecified atom stereocenters. The van der Waals surface area contributed by atoms with Gasteiger partial charge in [-0.05, 0) is 24.5 Å². The zero-order valence-corrected chi connectivity index (χ0v) is 13.8. The third-order valence-corrected chi connectivity index (χ3v) is 4.96. The van der Waals surface area contributed by atoms with E-state index in [0.29, 0.717) is 18.5 Å². The summed E-state index contributed by atoms with van der Waals surface area (Å²) in [5.74, 6) is -1.46. The number of carbonyl (C=O) groups excluding carboxylic acids is 3. The molecule has 0 bridgehead atoms. The number of rotatable bonds is 3. The van der Waals surface area contributed by atoms with Crippen LogP contribution in [0.3, 0.4) is 0 Å². The second-order valence-electron chi connectivity index (χ2n) is 6.52. The minimum absolute atomic E-state index is 0.0834. The van der Waals surface area contributed by atoms with Crippen LogP contribution < -0.4 is 10.6 Å². The molecule has 0 spiro atoms.